The zero-order valence-corrected chi connectivity index (χ0v) is 19.9. The SMILES string of the molecule is CS(=O)(=O)c1sccc1CNC(c1nnnn1CCN1CCOCC1)C12CC3CC1C2C3. The zero-order valence-electron chi connectivity index (χ0n) is 18.3. The molecule has 0 radical (unpaired) electrons. The second-order valence-electron chi connectivity index (χ2n) is 9.90. The van der Waals surface area contributed by atoms with Crippen LogP contribution in [0.3, 0.4) is 0 Å². The molecule has 4 aliphatic carbocycles. The molecule has 0 aromatic carbocycles. The van der Waals surface area contributed by atoms with Crippen molar-refractivity contribution in [1.82, 2.24) is 30.4 Å². The number of rotatable bonds is 9. The van der Waals surface area contributed by atoms with Crippen molar-refractivity contribution in [2.45, 2.75) is 42.6 Å². The molecule has 0 amide bonds. The first-order chi connectivity index (χ1) is 15.5. The van der Waals surface area contributed by atoms with Gasteiger partial charge in [0.1, 0.15) is 4.21 Å². The lowest BCUT2D eigenvalue weighted by Gasteiger charge is -2.28. The summed E-state index contributed by atoms with van der Waals surface area (Å²) in [7, 11) is -3.23. The molecule has 32 heavy (non-hydrogen) atoms. The summed E-state index contributed by atoms with van der Waals surface area (Å²) >= 11 is 1.29. The standard InChI is InChI=1S/C21H30N6O3S2/c1-32(28,29)20-15(2-9-31-20)13-22-18(21-12-14-10-16(21)17(21)11-14)19-23-24-25-27(19)4-3-26-5-7-30-8-6-26/h2,9,14,16-18,22H,3-8,10-13H2,1H3. The third-order valence-electron chi connectivity index (χ3n) is 8.20. The molecule has 2 aromatic heterocycles. The second kappa shape index (κ2) is 7.83. The van der Waals surface area contributed by atoms with Crippen molar-refractivity contribution in [2.24, 2.45) is 23.2 Å². The highest BCUT2D eigenvalue weighted by molar-refractivity contribution is 7.92. The number of thiophene rings is 1. The Hall–Kier alpha value is -1.40. The number of ether oxygens (including phenoxy) is 1. The van der Waals surface area contributed by atoms with Crippen molar-refractivity contribution in [1.29, 1.82) is 0 Å². The number of tetrazole rings is 1. The van der Waals surface area contributed by atoms with Crippen molar-refractivity contribution in [3.05, 3.63) is 22.8 Å². The molecule has 4 saturated carbocycles. The smallest absolute Gasteiger partial charge is 0.185 e. The number of nitrogens with one attached hydrogen (secondary N) is 1. The Morgan fingerprint density at radius 1 is 1.28 bits per heavy atom. The van der Waals surface area contributed by atoms with Crippen LogP contribution in [-0.2, 0) is 27.7 Å². The predicted octanol–water partition coefficient (Wildman–Crippen LogP) is 1.35. The van der Waals surface area contributed by atoms with Gasteiger partial charge in [0, 0.05) is 32.4 Å². The van der Waals surface area contributed by atoms with Crippen LogP contribution >= 0.6 is 11.3 Å². The van der Waals surface area contributed by atoms with Crippen LogP contribution in [0.15, 0.2) is 15.7 Å². The predicted molar refractivity (Wildman–Crippen MR) is 119 cm³/mol. The van der Waals surface area contributed by atoms with Crippen molar-refractivity contribution in [3.63, 3.8) is 0 Å². The van der Waals surface area contributed by atoms with Gasteiger partial charge in [0.25, 0.3) is 0 Å². The average molecular weight is 479 g/mol. The van der Waals surface area contributed by atoms with Crippen LogP contribution in [0.4, 0.5) is 0 Å². The van der Waals surface area contributed by atoms with Gasteiger partial charge < -0.3 is 10.1 Å². The molecule has 7 rings (SSSR count). The Bertz CT molecular complexity index is 1080. The van der Waals surface area contributed by atoms with Gasteiger partial charge in [-0.3, -0.25) is 4.90 Å². The first kappa shape index (κ1) is 21.2. The number of sulfone groups is 1. The van der Waals surface area contributed by atoms with Crippen LogP contribution in [0.2, 0.25) is 0 Å². The molecular weight excluding hydrogens is 448 g/mol. The van der Waals surface area contributed by atoms with Crippen LogP contribution < -0.4 is 5.32 Å². The van der Waals surface area contributed by atoms with E-state index in [-0.39, 0.29) is 11.5 Å². The molecule has 174 valence electrons. The van der Waals surface area contributed by atoms with E-state index in [1.165, 1.54) is 36.9 Å². The van der Waals surface area contributed by atoms with E-state index >= 15 is 0 Å². The first-order valence-corrected chi connectivity index (χ1v) is 14.3. The van der Waals surface area contributed by atoms with E-state index in [1.807, 2.05) is 16.1 Å². The summed E-state index contributed by atoms with van der Waals surface area (Å²) < 4.78 is 32.3. The maximum atomic E-state index is 12.2. The maximum Gasteiger partial charge on any atom is 0.185 e. The van der Waals surface area contributed by atoms with Crippen molar-refractivity contribution < 1.29 is 13.2 Å². The molecule has 3 unspecified atom stereocenters. The molecule has 3 atom stereocenters. The summed E-state index contributed by atoms with van der Waals surface area (Å²) in [6, 6.07) is 1.97. The van der Waals surface area contributed by atoms with Gasteiger partial charge in [-0.25, -0.2) is 13.1 Å². The number of aromatic nitrogens is 4. The normalized spacial score (nSPS) is 32.5. The maximum absolute atomic E-state index is 12.2. The molecule has 1 aliphatic heterocycles. The van der Waals surface area contributed by atoms with Crippen molar-refractivity contribution in [2.75, 3.05) is 39.1 Å². The third-order valence-corrected chi connectivity index (χ3v) is 11.1. The summed E-state index contributed by atoms with van der Waals surface area (Å²) in [5.41, 5.74) is 1.07. The highest BCUT2D eigenvalue weighted by atomic mass is 32.2. The number of morpholine rings is 1. The topological polar surface area (TPSA) is 102 Å². The first-order valence-electron chi connectivity index (χ1n) is 11.5. The highest BCUT2D eigenvalue weighted by Crippen LogP contribution is 2.82. The summed E-state index contributed by atoms with van der Waals surface area (Å²) in [6.45, 7) is 5.62. The minimum Gasteiger partial charge on any atom is -0.379 e. The number of hydrogen-bond acceptors (Lipinski definition) is 9. The van der Waals surface area contributed by atoms with Crippen molar-refractivity contribution >= 4 is 21.2 Å². The molecule has 9 nitrogen and oxygen atoms in total. The summed E-state index contributed by atoms with van der Waals surface area (Å²) in [4.78, 5) is 2.39. The summed E-state index contributed by atoms with van der Waals surface area (Å²) in [5.74, 6) is 3.25. The molecule has 5 fully saturated rings. The highest BCUT2D eigenvalue weighted by Gasteiger charge is 2.77. The molecule has 0 spiro atoms. The Kier molecular flexibility index (Phi) is 5.18. The fraction of sp³-hybridized carbons (Fsp3) is 0.762. The Morgan fingerprint density at radius 2 is 2.06 bits per heavy atom. The fourth-order valence-electron chi connectivity index (χ4n) is 6.88. The van der Waals surface area contributed by atoms with Crippen LogP contribution in [0.25, 0.3) is 0 Å². The quantitative estimate of drug-likeness (QED) is 0.576. The molecular formula is C21H30N6O3S2. The van der Waals surface area contributed by atoms with Crippen LogP contribution in [0, 0.1) is 23.2 Å². The van der Waals surface area contributed by atoms with E-state index in [4.69, 9.17) is 4.74 Å². The van der Waals surface area contributed by atoms with E-state index in [2.05, 4.69) is 25.7 Å². The van der Waals surface area contributed by atoms with E-state index in [9.17, 15) is 8.42 Å². The van der Waals surface area contributed by atoms with Crippen LogP contribution in [0.1, 0.15) is 36.7 Å². The minimum absolute atomic E-state index is 0.0528. The van der Waals surface area contributed by atoms with Gasteiger partial charge >= 0.3 is 0 Å². The summed E-state index contributed by atoms with van der Waals surface area (Å²) in [5, 5.41) is 18.5. The van der Waals surface area contributed by atoms with E-state index in [1.54, 1.807) is 0 Å². The van der Waals surface area contributed by atoms with E-state index in [0.29, 0.717) is 10.8 Å². The zero-order chi connectivity index (χ0) is 21.9. The molecule has 4 bridgehead atoms. The molecule has 11 heteroatoms. The van der Waals surface area contributed by atoms with Gasteiger partial charge in [0.05, 0.1) is 25.8 Å². The van der Waals surface area contributed by atoms with Crippen LogP contribution in [0.5, 0.6) is 0 Å². The molecule has 2 aromatic rings. The largest absolute Gasteiger partial charge is 0.379 e. The fourth-order valence-corrected chi connectivity index (χ4v) is 9.01. The average Bonchev–Trinajstić information content (AvgIpc) is 3.46. The molecule has 5 aliphatic rings. The lowest BCUT2D eigenvalue weighted by Crippen LogP contribution is -2.39. The van der Waals surface area contributed by atoms with Crippen molar-refractivity contribution in [3.8, 4) is 0 Å². The second-order valence-corrected chi connectivity index (χ2v) is 13.0. The molecule has 1 saturated heterocycles. The van der Waals surface area contributed by atoms with Gasteiger partial charge in [-0.15, -0.1) is 16.4 Å². The monoisotopic (exact) mass is 478 g/mol. The summed E-state index contributed by atoms with van der Waals surface area (Å²) in [6.07, 6.45) is 5.17. The van der Waals surface area contributed by atoms with Gasteiger partial charge in [-0.2, -0.15) is 0 Å². The van der Waals surface area contributed by atoms with Gasteiger partial charge in [-0.1, -0.05) is 0 Å². The Morgan fingerprint density at radius 3 is 2.75 bits per heavy atom. The lowest BCUT2D eigenvalue weighted by molar-refractivity contribution is 0.0356. The Labute approximate surface area is 192 Å². The van der Waals surface area contributed by atoms with E-state index in [0.717, 1.165) is 68.5 Å². The number of nitrogens with zero attached hydrogens (tertiary/aromatic N) is 5. The van der Waals surface area contributed by atoms with Gasteiger partial charge in [-0.05, 0) is 69.9 Å². The van der Waals surface area contributed by atoms with Gasteiger partial charge in [0.15, 0.2) is 15.7 Å². The van der Waals surface area contributed by atoms with Crippen LogP contribution in [-0.4, -0.2) is 72.6 Å². The number of hydrogen-bond donors (Lipinski definition) is 1. The van der Waals surface area contributed by atoms with Gasteiger partial charge in [0.2, 0.25) is 0 Å². The third kappa shape index (κ3) is 3.44. The lowest BCUT2D eigenvalue weighted by atomic mass is 9.92. The molecule has 1 N–H and O–H groups in total. The molecule has 3 heterocycles. The van der Waals surface area contributed by atoms with E-state index < -0.39 is 9.84 Å². The minimum atomic E-state index is -3.23. The Balaban J connectivity index is 1.24.